The van der Waals surface area contributed by atoms with Gasteiger partial charge in [-0.3, -0.25) is 0 Å². The second kappa shape index (κ2) is 8.21. The molecule has 2 aromatic carbocycles. The van der Waals surface area contributed by atoms with E-state index in [9.17, 15) is 0 Å². The van der Waals surface area contributed by atoms with Crippen molar-refractivity contribution in [3.05, 3.63) is 55.5 Å². The molecule has 0 radical (unpaired) electrons. The van der Waals surface area contributed by atoms with E-state index < -0.39 is 0 Å². The van der Waals surface area contributed by atoms with Crippen LogP contribution in [0.3, 0.4) is 0 Å². The Balaban J connectivity index is 2.18. The summed E-state index contributed by atoms with van der Waals surface area (Å²) in [6, 6.07) is 6.94. The van der Waals surface area contributed by atoms with E-state index in [2.05, 4.69) is 9.98 Å². The summed E-state index contributed by atoms with van der Waals surface area (Å²) in [4.78, 5) is 10.5. The molecular weight excluding hydrogens is 388 g/mol. The average Bonchev–Trinajstić information content (AvgIpc) is 2.44. The fourth-order valence-electron chi connectivity index (χ4n) is 2.04. The standard InChI is InChI=1S/C17H15Cl4N3/c1-10-4-12(18)6-14(20)16(10)22-8-24(3)9-23-17-11(2)5-13(19)7-15(17)21/h4-9H,1-3H3/b22-8+,23-9+. The van der Waals surface area contributed by atoms with Crippen LogP contribution in [0.1, 0.15) is 11.1 Å². The molecule has 24 heavy (non-hydrogen) atoms. The van der Waals surface area contributed by atoms with E-state index in [0.29, 0.717) is 31.5 Å². The Morgan fingerprint density at radius 2 is 1.12 bits per heavy atom. The average molecular weight is 403 g/mol. The van der Waals surface area contributed by atoms with Gasteiger partial charge in [0, 0.05) is 17.1 Å². The third-order valence-corrected chi connectivity index (χ3v) is 4.19. The molecule has 0 aliphatic rings. The molecule has 0 fully saturated rings. The van der Waals surface area contributed by atoms with Gasteiger partial charge < -0.3 is 4.90 Å². The van der Waals surface area contributed by atoms with Crippen LogP contribution >= 0.6 is 46.4 Å². The molecule has 0 heterocycles. The fraction of sp³-hybridized carbons (Fsp3) is 0.176. The third kappa shape index (κ3) is 4.87. The van der Waals surface area contributed by atoms with Crippen LogP contribution in [0.25, 0.3) is 0 Å². The predicted molar refractivity (Wildman–Crippen MR) is 106 cm³/mol. The zero-order valence-corrected chi connectivity index (χ0v) is 16.3. The normalized spacial score (nSPS) is 11.6. The van der Waals surface area contributed by atoms with Crippen LogP contribution in [-0.2, 0) is 0 Å². The molecule has 0 aromatic heterocycles. The van der Waals surface area contributed by atoms with Crippen molar-refractivity contribution >= 4 is 70.5 Å². The van der Waals surface area contributed by atoms with Crippen LogP contribution in [0.5, 0.6) is 0 Å². The number of rotatable bonds is 4. The molecule has 7 heteroatoms. The maximum Gasteiger partial charge on any atom is 0.0961 e. The lowest BCUT2D eigenvalue weighted by molar-refractivity contribution is 0.801. The molecule has 2 aromatic rings. The first kappa shape index (κ1) is 19.1. The molecule has 0 N–H and O–H groups in total. The van der Waals surface area contributed by atoms with Crippen LogP contribution in [-0.4, -0.2) is 24.6 Å². The van der Waals surface area contributed by atoms with Crippen molar-refractivity contribution in [1.82, 2.24) is 4.90 Å². The highest BCUT2D eigenvalue weighted by atomic mass is 35.5. The second-order valence-electron chi connectivity index (χ2n) is 5.26. The fourth-order valence-corrected chi connectivity index (χ4v) is 3.33. The lowest BCUT2D eigenvalue weighted by Crippen LogP contribution is -2.12. The van der Waals surface area contributed by atoms with Crippen molar-refractivity contribution in [1.29, 1.82) is 0 Å². The van der Waals surface area contributed by atoms with Gasteiger partial charge in [-0.1, -0.05) is 46.4 Å². The van der Waals surface area contributed by atoms with Gasteiger partial charge in [-0.15, -0.1) is 0 Å². The third-order valence-electron chi connectivity index (χ3n) is 3.18. The van der Waals surface area contributed by atoms with Gasteiger partial charge in [0.05, 0.1) is 34.1 Å². The van der Waals surface area contributed by atoms with E-state index in [-0.39, 0.29) is 0 Å². The first-order valence-corrected chi connectivity index (χ1v) is 8.50. The summed E-state index contributed by atoms with van der Waals surface area (Å²) in [7, 11) is 1.81. The molecule has 0 aliphatic carbocycles. The van der Waals surface area contributed by atoms with Crippen molar-refractivity contribution in [2.45, 2.75) is 13.8 Å². The lowest BCUT2D eigenvalue weighted by Gasteiger charge is -2.09. The zero-order valence-electron chi connectivity index (χ0n) is 13.3. The van der Waals surface area contributed by atoms with Gasteiger partial charge in [0.25, 0.3) is 0 Å². The Kier molecular flexibility index (Phi) is 6.53. The molecule has 3 nitrogen and oxygen atoms in total. The van der Waals surface area contributed by atoms with Crippen LogP contribution in [0.15, 0.2) is 34.3 Å². The first-order valence-electron chi connectivity index (χ1n) is 6.99. The number of hydrogen-bond donors (Lipinski definition) is 0. The zero-order chi connectivity index (χ0) is 17.9. The monoisotopic (exact) mass is 401 g/mol. The molecule has 126 valence electrons. The summed E-state index contributed by atoms with van der Waals surface area (Å²) in [5.41, 5.74) is 3.13. The quantitative estimate of drug-likeness (QED) is 0.405. The molecule has 2 rings (SSSR count). The van der Waals surface area contributed by atoms with Crippen molar-refractivity contribution in [2.75, 3.05) is 7.05 Å². The predicted octanol–water partition coefficient (Wildman–Crippen LogP) is 6.87. The number of aryl methyl sites for hydroxylation is 2. The van der Waals surface area contributed by atoms with Gasteiger partial charge >= 0.3 is 0 Å². The maximum absolute atomic E-state index is 6.17. The first-order chi connectivity index (χ1) is 11.3. The van der Waals surface area contributed by atoms with Crippen LogP contribution in [0.4, 0.5) is 11.4 Å². The summed E-state index contributed by atoms with van der Waals surface area (Å²) in [5, 5.41) is 2.16. The topological polar surface area (TPSA) is 28.0 Å². The number of aliphatic imine (C=N–C) groups is 2. The summed E-state index contributed by atoms with van der Waals surface area (Å²) >= 11 is 24.2. The molecular formula is C17H15Cl4N3. The molecule has 0 bridgehead atoms. The van der Waals surface area contributed by atoms with Crippen molar-refractivity contribution < 1.29 is 0 Å². The van der Waals surface area contributed by atoms with Crippen LogP contribution < -0.4 is 0 Å². The minimum atomic E-state index is 0.498. The van der Waals surface area contributed by atoms with Crippen molar-refractivity contribution in [3.63, 3.8) is 0 Å². The maximum atomic E-state index is 6.17. The highest BCUT2D eigenvalue weighted by Gasteiger charge is 2.06. The lowest BCUT2D eigenvalue weighted by atomic mass is 10.2. The molecule has 0 saturated heterocycles. The molecule has 0 atom stereocenters. The Hall–Kier alpha value is -1.26. The Bertz CT molecular complexity index is 702. The van der Waals surface area contributed by atoms with E-state index in [0.717, 1.165) is 11.1 Å². The number of hydrogen-bond acceptors (Lipinski definition) is 2. The summed E-state index contributed by atoms with van der Waals surface area (Å²) in [6.45, 7) is 3.80. The largest absolute Gasteiger partial charge is 0.326 e. The molecule has 0 aliphatic heterocycles. The summed E-state index contributed by atoms with van der Waals surface area (Å²) in [6.07, 6.45) is 3.23. The Morgan fingerprint density at radius 3 is 1.46 bits per heavy atom. The van der Waals surface area contributed by atoms with E-state index in [1.54, 1.807) is 29.7 Å². The molecule has 0 amide bonds. The molecule has 0 spiro atoms. The highest BCUT2D eigenvalue weighted by Crippen LogP contribution is 2.32. The minimum Gasteiger partial charge on any atom is -0.326 e. The Morgan fingerprint density at radius 1 is 0.750 bits per heavy atom. The van der Waals surface area contributed by atoms with Crippen molar-refractivity contribution in [3.8, 4) is 0 Å². The van der Waals surface area contributed by atoms with Crippen molar-refractivity contribution in [2.24, 2.45) is 9.98 Å². The Labute approximate surface area is 161 Å². The van der Waals surface area contributed by atoms with Gasteiger partial charge in [-0.25, -0.2) is 9.98 Å². The van der Waals surface area contributed by atoms with Gasteiger partial charge in [-0.05, 0) is 49.2 Å². The smallest absolute Gasteiger partial charge is 0.0961 e. The second-order valence-corrected chi connectivity index (χ2v) is 6.95. The van der Waals surface area contributed by atoms with Gasteiger partial charge in [0.1, 0.15) is 0 Å². The number of nitrogens with zero attached hydrogens (tertiary/aromatic N) is 3. The number of benzene rings is 2. The van der Waals surface area contributed by atoms with E-state index >= 15 is 0 Å². The summed E-state index contributed by atoms with van der Waals surface area (Å²) < 4.78 is 0. The summed E-state index contributed by atoms with van der Waals surface area (Å²) in [5.74, 6) is 0. The van der Waals surface area contributed by atoms with Gasteiger partial charge in [-0.2, -0.15) is 0 Å². The number of halogens is 4. The van der Waals surface area contributed by atoms with E-state index in [1.807, 2.05) is 33.0 Å². The van der Waals surface area contributed by atoms with E-state index in [4.69, 9.17) is 46.4 Å². The van der Waals surface area contributed by atoms with Crippen LogP contribution in [0, 0.1) is 13.8 Å². The van der Waals surface area contributed by atoms with Crippen LogP contribution in [0.2, 0.25) is 20.1 Å². The minimum absolute atomic E-state index is 0.498. The molecule has 0 unspecified atom stereocenters. The van der Waals surface area contributed by atoms with E-state index in [1.165, 1.54) is 0 Å². The SMILES string of the molecule is Cc1cc(Cl)cc(Cl)c1/N=C/N(C)/C=N/c1c(C)cc(Cl)cc1Cl. The highest BCUT2D eigenvalue weighted by molar-refractivity contribution is 6.37. The molecule has 0 saturated carbocycles. The van der Waals surface area contributed by atoms with Gasteiger partial charge in [0.15, 0.2) is 0 Å². The van der Waals surface area contributed by atoms with Gasteiger partial charge in [0.2, 0.25) is 0 Å².